The SMILES string of the molecule is CC1CCC[C@](C)(O)CCCN(C)C(=O)C[C@H](Cc2ccccc2)NC1=O. The third-order valence-corrected chi connectivity index (χ3v) is 5.53. The predicted molar refractivity (Wildman–Crippen MR) is 107 cm³/mol. The molecule has 0 aromatic heterocycles. The Kier molecular flexibility index (Phi) is 7.84. The van der Waals surface area contributed by atoms with Crippen molar-refractivity contribution in [1.29, 1.82) is 0 Å². The lowest BCUT2D eigenvalue weighted by Crippen LogP contribution is -2.43. The number of hydrogen-bond donors (Lipinski definition) is 2. The highest BCUT2D eigenvalue weighted by atomic mass is 16.3. The van der Waals surface area contributed by atoms with Crippen LogP contribution in [0.4, 0.5) is 0 Å². The Labute approximate surface area is 163 Å². The molecule has 1 fully saturated rings. The van der Waals surface area contributed by atoms with Crippen LogP contribution in [0.5, 0.6) is 0 Å². The van der Waals surface area contributed by atoms with Crippen LogP contribution in [0.15, 0.2) is 30.3 Å². The minimum Gasteiger partial charge on any atom is -0.390 e. The monoisotopic (exact) mass is 374 g/mol. The van der Waals surface area contributed by atoms with Crippen LogP contribution in [-0.4, -0.2) is 47.1 Å². The van der Waals surface area contributed by atoms with E-state index in [1.54, 1.807) is 11.9 Å². The van der Waals surface area contributed by atoms with Crippen molar-refractivity contribution in [2.75, 3.05) is 13.6 Å². The van der Waals surface area contributed by atoms with Gasteiger partial charge >= 0.3 is 0 Å². The number of benzene rings is 1. The highest BCUT2D eigenvalue weighted by molar-refractivity contribution is 5.81. The summed E-state index contributed by atoms with van der Waals surface area (Å²) < 4.78 is 0. The summed E-state index contributed by atoms with van der Waals surface area (Å²) in [6.07, 6.45) is 4.62. The van der Waals surface area contributed by atoms with Gasteiger partial charge in [0, 0.05) is 32.0 Å². The van der Waals surface area contributed by atoms with Crippen molar-refractivity contribution in [2.24, 2.45) is 5.92 Å². The van der Waals surface area contributed by atoms with Gasteiger partial charge in [-0.2, -0.15) is 0 Å². The standard InChI is InChI=1S/C22H34N2O3/c1-17-9-7-12-22(2,27)13-8-14-24(3)20(25)16-19(23-21(17)26)15-18-10-5-4-6-11-18/h4-6,10-11,17,19,27H,7-9,12-16H2,1-3H3,(H,23,26)/t17?,19-,22-/m0/s1. The number of aliphatic hydroxyl groups is 1. The molecule has 1 unspecified atom stereocenters. The second kappa shape index (κ2) is 9.88. The molecule has 0 bridgehead atoms. The minimum atomic E-state index is -0.736. The van der Waals surface area contributed by atoms with E-state index in [1.165, 1.54) is 0 Å². The van der Waals surface area contributed by atoms with Crippen LogP contribution in [0.3, 0.4) is 0 Å². The molecule has 1 aromatic carbocycles. The van der Waals surface area contributed by atoms with Gasteiger partial charge in [0.15, 0.2) is 0 Å². The highest BCUT2D eigenvalue weighted by Crippen LogP contribution is 2.22. The van der Waals surface area contributed by atoms with Crippen molar-refractivity contribution in [1.82, 2.24) is 10.2 Å². The van der Waals surface area contributed by atoms with Gasteiger partial charge in [-0.1, -0.05) is 37.3 Å². The van der Waals surface area contributed by atoms with E-state index < -0.39 is 5.60 Å². The summed E-state index contributed by atoms with van der Waals surface area (Å²) in [5.41, 5.74) is 0.378. The van der Waals surface area contributed by atoms with Crippen LogP contribution in [0.2, 0.25) is 0 Å². The third kappa shape index (κ3) is 7.33. The summed E-state index contributed by atoms with van der Waals surface area (Å²) >= 11 is 0. The van der Waals surface area contributed by atoms with Gasteiger partial charge in [-0.3, -0.25) is 9.59 Å². The smallest absolute Gasteiger partial charge is 0.224 e. The molecule has 3 atom stereocenters. The summed E-state index contributed by atoms with van der Waals surface area (Å²) in [6.45, 7) is 4.39. The van der Waals surface area contributed by atoms with E-state index in [4.69, 9.17) is 0 Å². The zero-order chi connectivity index (χ0) is 19.9. The van der Waals surface area contributed by atoms with Gasteiger partial charge in [0.05, 0.1) is 5.60 Å². The fourth-order valence-corrected chi connectivity index (χ4v) is 3.65. The summed E-state index contributed by atoms with van der Waals surface area (Å²) in [5, 5.41) is 13.6. The van der Waals surface area contributed by atoms with E-state index in [0.29, 0.717) is 32.2 Å². The third-order valence-electron chi connectivity index (χ3n) is 5.53. The molecule has 2 amide bonds. The highest BCUT2D eigenvalue weighted by Gasteiger charge is 2.25. The Morgan fingerprint density at radius 3 is 2.56 bits per heavy atom. The predicted octanol–water partition coefficient (Wildman–Crippen LogP) is 2.91. The summed E-state index contributed by atoms with van der Waals surface area (Å²) in [7, 11) is 1.80. The van der Waals surface area contributed by atoms with E-state index in [0.717, 1.165) is 24.8 Å². The Morgan fingerprint density at radius 2 is 1.85 bits per heavy atom. The van der Waals surface area contributed by atoms with E-state index in [1.807, 2.05) is 44.2 Å². The van der Waals surface area contributed by atoms with Gasteiger partial charge in [0.25, 0.3) is 0 Å². The number of nitrogens with one attached hydrogen (secondary N) is 1. The molecule has 1 aromatic rings. The molecule has 1 aliphatic heterocycles. The minimum absolute atomic E-state index is 0.0110. The zero-order valence-electron chi connectivity index (χ0n) is 16.9. The van der Waals surface area contributed by atoms with Gasteiger partial charge in [-0.05, 0) is 51.0 Å². The average molecular weight is 375 g/mol. The zero-order valence-corrected chi connectivity index (χ0v) is 16.9. The Balaban J connectivity index is 2.11. The lowest BCUT2D eigenvalue weighted by atomic mass is 9.90. The molecule has 0 saturated carbocycles. The van der Waals surface area contributed by atoms with Crippen molar-refractivity contribution in [2.45, 2.75) is 70.4 Å². The first-order valence-corrected chi connectivity index (χ1v) is 10.1. The van der Waals surface area contributed by atoms with E-state index in [2.05, 4.69) is 5.32 Å². The van der Waals surface area contributed by atoms with Gasteiger partial charge < -0.3 is 15.3 Å². The first-order chi connectivity index (χ1) is 12.8. The van der Waals surface area contributed by atoms with E-state index in [9.17, 15) is 14.7 Å². The first-order valence-electron chi connectivity index (χ1n) is 10.1. The molecule has 0 radical (unpaired) electrons. The van der Waals surface area contributed by atoms with Gasteiger partial charge in [0.1, 0.15) is 0 Å². The van der Waals surface area contributed by atoms with Crippen LogP contribution < -0.4 is 5.32 Å². The Bertz CT molecular complexity index is 583. The number of hydrogen-bond acceptors (Lipinski definition) is 3. The first kappa shape index (κ1) is 21.4. The molecule has 2 N–H and O–H groups in total. The average Bonchev–Trinajstić information content (AvgIpc) is 2.61. The lowest BCUT2D eigenvalue weighted by molar-refractivity contribution is -0.131. The number of amides is 2. The second-order valence-corrected chi connectivity index (χ2v) is 8.31. The summed E-state index contributed by atoms with van der Waals surface area (Å²) in [6, 6.07) is 9.76. The number of carbonyl (C=O) groups is 2. The molecular formula is C22H34N2O3. The van der Waals surface area contributed by atoms with Crippen molar-refractivity contribution >= 4 is 11.8 Å². The lowest BCUT2D eigenvalue weighted by Gasteiger charge is -2.28. The Hall–Kier alpha value is -1.88. The molecule has 1 aliphatic rings. The van der Waals surface area contributed by atoms with E-state index >= 15 is 0 Å². The second-order valence-electron chi connectivity index (χ2n) is 8.31. The van der Waals surface area contributed by atoms with Crippen molar-refractivity contribution < 1.29 is 14.7 Å². The molecule has 0 spiro atoms. The van der Waals surface area contributed by atoms with Crippen LogP contribution in [-0.2, 0) is 16.0 Å². The molecule has 5 nitrogen and oxygen atoms in total. The molecule has 27 heavy (non-hydrogen) atoms. The van der Waals surface area contributed by atoms with Crippen LogP contribution >= 0.6 is 0 Å². The maximum absolute atomic E-state index is 12.6. The molecule has 1 heterocycles. The topological polar surface area (TPSA) is 69.6 Å². The molecule has 150 valence electrons. The van der Waals surface area contributed by atoms with Crippen molar-refractivity contribution in [3.8, 4) is 0 Å². The van der Waals surface area contributed by atoms with Gasteiger partial charge in [0.2, 0.25) is 11.8 Å². The molecular weight excluding hydrogens is 340 g/mol. The molecule has 1 saturated heterocycles. The van der Waals surface area contributed by atoms with Crippen LogP contribution in [0.1, 0.15) is 57.9 Å². The number of carbonyl (C=O) groups excluding carboxylic acids is 2. The quantitative estimate of drug-likeness (QED) is 0.836. The Morgan fingerprint density at radius 1 is 1.19 bits per heavy atom. The molecule has 2 rings (SSSR count). The fourth-order valence-electron chi connectivity index (χ4n) is 3.65. The van der Waals surface area contributed by atoms with Crippen LogP contribution in [0, 0.1) is 5.92 Å². The number of rotatable bonds is 2. The maximum Gasteiger partial charge on any atom is 0.224 e. The van der Waals surface area contributed by atoms with Crippen LogP contribution in [0.25, 0.3) is 0 Å². The van der Waals surface area contributed by atoms with Gasteiger partial charge in [-0.25, -0.2) is 0 Å². The van der Waals surface area contributed by atoms with Crippen molar-refractivity contribution in [3.63, 3.8) is 0 Å². The molecule has 0 aliphatic carbocycles. The maximum atomic E-state index is 12.6. The fraction of sp³-hybridized carbons (Fsp3) is 0.636. The largest absolute Gasteiger partial charge is 0.390 e. The number of nitrogens with zero attached hydrogens (tertiary/aromatic N) is 1. The van der Waals surface area contributed by atoms with Crippen molar-refractivity contribution in [3.05, 3.63) is 35.9 Å². The summed E-state index contributed by atoms with van der Waals surface area (Å²) in [4.78, 5) is 27.0. The summed E-state index contributed by atoms with van der Waals surface area (Å²) in [5.74, 6) is -0.112. The van der Waals surface area contributed by atoms with Gasteiger partial charge in [-0.15, -0.1) is 0 Å². The normalized spacial score (nSPS) is 29.1. The molecule has 5 heteroatoms. The van der Waals surface area contributed by atoms with E-state index in [-0.39, 0.29) is 23.8 Å².